The van der Waals surface area contributed by atoms with Crippen molar-refractivity contribution in [1.29, 1.82) is 0 Å². The van der Waals surface area contributed by atoms with Crippen molar-refractivity contribution in [2.24, 2.45) is 0 Å². The summed E-state index contributed by atoms with van der Waals surface area (Å²) in [6.45, 7) is 4.88. The third-order valence-corrected chi connectivity index (χ3v) is 2.23. The highest BCUT2D eigenvalue weighted by Gasteiger charge is 2.12. The highest BCUT2D eigenvalue weighted by Crippen LogP contribution is 2.01. The maximum Gasteiger partial charge on any atom is 0.284 e. The molecule has 1 aromatic heterocycles. The fourth-order valence-electron chi connectivity index (χ4n) is 1.39. The first-order valence-electron chi connectivity index (χ1n) is 4.32. The van der Waals surface area contributed by atoms with E-state index in [1.807, 2.05) is 0 Å². The van der Waals surface area contributed by atoms with Crippen molar-refractivity contribution in [3.05, 3.63) is 10.7 Å². The van der Waals surface area contributed by atoms with E-state index in [2.05, 4.69) is 20.4 Å². The molecule has 0 saturated carbocycles. The minimum absolute atomic E-state index is 0.352. The van der Waals surface area contributed by atoms with Crippen LogP contribution in [0.4, 0.5) is 0 Å². The Morgan fingerprint density at radius 1 is 1.46 bits per heavy atom. The van der Waals surface area contributed by atoms with Crippen LogP contribution in [-0.2, 0) is 6.54 Å². The standard InChI is InChI=1S/C7H12N4OS/c13-7-10-9-6(12-7)5-11-3-1-8-2-4-11/h8H,1-5H2,(H,10,13). The largest absolute Gasteiger partial charge is 0.413 e. The normalized spacial score (nSPS) is 19.1. The first-order chi connectivity index (χ1) is 6.34. The van der Waals surface area contributed by atoms with Gasteiger partial charge in [0.05, 0.1) is 6.54 Å². The van der Waals surface area contributed by atoms with Crippen LogP contribution in [0.5, 0.6) is 0 Å². The summed E-state index contributed by atoms with van der Waals surface area (Å²) < 4.78 is 5.17. The molecule has 1 fully saturated rings. The minimum atomic E-state index is 0.352. The summed E-state index contributed by atoms with van der Waals surface area (Å²) in [6.07, 6.45) is 0. The van der Waals surface area contributed by atoms with Crippen LogP contribution < -0.4 is 5.32 Å². The molecule has 2 N–H and O–H groups in total. The van der Waals surface area contributed by atoms with Gasteiger partial charge < -0.3 is 9.73 Å². The van der Waals surface area contributed by atoms with Crippen LogP contribution in [0, 0.1) is 4.84 Å². The van der Waals surface area contributed by atoms with Gasteiger partial charge in [-0.2, -0.15) is 0 Å². The molecule has 1 aliphatic heterocycles. The Balaban J connectivity index is 1.93. The molecule has 5 nitrogen and oxygen atoms in total. The predicted octanol–water partition coefficient (Wildman–Crippen LogP) is 0.137. The zero-order valence-corrected chi connectivity index (χ0v) is 8.06. The number of H-pyrrole nitrogens is 1. The summed E-state index contributed by atoms with van der Waals surface area (Å²) in [5.41, 5.74) is 0. The van der Waals surface area contributed by atoms with Crippen molar-refractivity contribution >= 4 is 12.2 Å². The Kier molecular flexibility index (Phi) is 2.72. The molecular formula is C7H12N4OS. The minimum Gasteiger partial charge on any atom is -0.413 e. The number of aromatic amines is 1. The lowest BCUT2D eigenvalue weighted by Crippen LogP contribution is -2.42. The van der Waals surface area contributed by atoms with Gasteiger partial charge in [0, 0.05) is 26.2 Å². The van der Waals surface area contributed by atoms with Crippen LogP contribution >= 0.6 is 12.2 Å². The maximum atomic E-state index is 5.17. The average Bonchev–Trinajstić information content (AvgIpc) is 2.53. The van der Waals surface area contributed by atoms with Crippen molar-refractivity contribution in [2.45, 2.75) is 6.54 Å². The van der Waals surface area contributed by atoms with Crippen LogP contribution in [0.1, 0.15) is 5.89 Å². The third kappa shape index (κ3) is 2.36. The SMILES string of the molecule is S=c1[nH]nc(CN2CCNCC2)o1. The number of aromatic nitrogens is 2. The van der Waals surface area contributed by atoms with Crippen LogP contribution in [0.15, 0.2) is 4.42 Å². The van der Waals surface area contributed by atoms with Crippen molar-refractivity contribution in [3.63, 3.8) is 0 Å². The van der Waals surface area contributed by atoms with E-state index in [1.54, 1.807) is 0 Å². The predicted molar refractivity (Wildman–Crippen MR) is 49.8 cm³/mol. The maximum absolute atomic E-state index is 5.17. The fraction of sp³-hybridized carbons (Fsp3) is 0.714. The van der Waals surface area contributed by atoms with Crippen LogP contribution in [0.2, 0.25) is 0 Å². The van der Waals surface area contributed by atoms with Gasteiger partial charge in [-0.25, -0.2) is 5.10 Å². The molecule has 0 bridgehead atoms. The summed E-state index contributed by atoms with van der Waals surface area (Å²) in [6, 6.07) is 0. The van der Waals surface area contributed by atoms with Gasteiger partial charge in [0.1, 0.15) is 0 Å². The van der Waals surface area contributed by atoms with Crippen LogP contribution in [0.25, 0.3) is 0 Å². The molecule has 0 aromatic carbocycles. The summed E-state index contributed by atoms with van der Waals surface area (Å²) in [5.74, 6) is 0.673. The molecule has 0 unspecified atom stereocenters. The molecular weight excluding hydrogens is 188 g/mol. The lowest BCUT2D eigenvalue weighted by Gasteiger charge is -2.25. The number of nitrogens with one attached hydrogen (secondary N) is 2. The molecule has 2 heterocycles. The summed E-state index contributed by atoms with van der Waals surface area (Å²) in [5, 5.41) is 9.85. The average molecular weight is 200 g/mol. The van der Waals surface area contributed by atoms with Gasteiger partial charge in [-0.1, -0.05) is 0 Å². The monoisotopic (exact) mass is 200 g/mol. The summed E-state index contributed by atoms with van der Waals surface area (Å²) in [4.78, 5) is 2.63. The first kappa shape index (κ1) is 8.86. The van der Waals surface area contributed by atoms with E-state index in [9.17, 15) is 0 Å². The molecule has 1 saturated heterocycles. The van der Waals surface area contributed by atoms with Gasteiger partial charge in [0.2, 0.25) is 5.89 Å². The van der Waals surface area contributed by atoms with Gasteiger partial charge in [0.15, 0.2) is 0 Å². The zero-order chi connectivity index (χ0) is 9.10. The van der Waals surface area contributed by atoms with Crippen LogP contribution in [-0.4, -0.2) is 41.3 Å². The second-order valence-electron chi connectivity index (χ2n) is 3.03. The molecule has 2 rings (SSSR count). The summed E-state index contributed by atoms with van der Waals surface area (Å²) >= 11 is 4.78. The first-order valence-corrected chi connectivity index (χ1v) is 4.73. The molecule has 0 radical (unpaired) electrons. The zero-order valence-electron chi connectivity index (χ0n) is 7.25. The molecule has 0 spiro atoms. The fourth-order valence-corrected chi connectivity index (χ4v) is 1.53. The molecule has 0 aliphatic carbocycles. The lowest BCUT2D eigenvalue weighted by molar-refractivity contribution is 0.211. The molecule has 72 valence electrons. The number of nitrogens with zero attached hydrogens (tertiary/aromatic N) is 2. The van der Waals surface area contributed by atoms with Crippen molar-refractivity contribution in [1.82, 2.24) is 20.4 Å². The molecule has 13 heavy (non-hydrogen) atoms. The van der Waals surface area contributed by atoms with Gasteiger partial charge in [-0.05, 0) is 12.2 Å². The Labute approximate surface area is 81.1 Å². The molecule has 6 heteroatoms. The van der Waals surface area contributed by atoms with E-state index in [0.29, 0.717) is 10.7 Å². The van der Waals surface area contributed by atoms with E-state index >= 15 is 0 Å². The van der Waals surface area contributed by atoms with Crippen molar-refractivity contribution in [2.75, 3.05) is 26.2 Å². The second kappa shape index (κ2) is 3.99. The van der Waals surface area contributed by atoms with E-state index < -0.39 is 0 Å². The van der Waals surface area contributed by atoms with Crippen molar-refractivity contribution in [3.8, 4) is 0 Å². The molecule has 1 aromatic rings. The molecule has 0 amide bonds. The Morgan fingerprint density at radius 3 is 2.85 bits per heavy atom. The van der Waals surface area contributed by atoms with E-state index in [4.69, 9.17) is 16.6 Å². The summed E-state index contributed by atoms with van der Waals surface area (Å²) in [7, 11) is 0. The second-order valence-corrected chi connectivity index (χ2v) is 3.40. The highest BCUT2D eigenvalue weighted by atomic mass is 32.1. The number of piperazine rings is 1. The van der Waals surface area contributed by atoms with Gasteiger partial charge in [-0.15, -0.1) is 5.10 Å². The smallest absolute Gasteiger partial charge is 0.284 e. The van der Waals surface area contributed by atoms with E-state index in [1.165, 1.54) is 0 Å². The Hall–Kier alpha value is -0.720. The Bertz CT molecular complexity index is 314. The van der Waals surface area contributed by atoms with Gasteiger partial charge in [0.25, 0.3) is 4.84 Å². The topological polar surface area (TPSA) is 57.1 Å². The lowest BCUT2D eigenvalue weighted by atomic mass is 10.3. The van der Waals surface area contributed by atoms with Gasteiger partial charge >= 0.3 is 0 Å². The number of hydrogen-bond donors (Lipinski definition) is 2. The van der Waals surface area contributed by atoms with Crippen molar-refractivity contribution < 1.29 is 4.42 Å². The van der Waals surface area contributed by atoms with E-state index in [-0.39, 0.29) is 0 Å². The van der Waals surface area contributed by atoms with Gasteiger partial charge in [-0.3, -0.25) is 4.90 Å². The Morgan fingerprint density at radius 2 is 2.23 bits per heavy atom. The molecule has 0 atom stereocenters. The quantitative estimate of drug-likeness (QED) is 0.665. The highest BCUT2D eigenvalue weighted by molar-refractivity contribution is 7.71. The van der Waals surface area contributed by atoms with Crippen LogP contribution in [0.3, 0.4) is 0 Å². The number of rotatable bonds is 2. The number of hydrogen-bond acceptors (Lipinski definition) is 5. The third-order valence-electron chi connectivity index (χ3n) is 2.05. The molecule has 1 aliphatic rings. The van der Waals surface area contributed by atoms with E-state index in [0.717, 1.165) is 32.7 Å².